The number of thiocarbonyl (C=S) groups is 1. The van der Waals surface area contributed by atoms with Gasteiger partial charge in [0.25, 0.3) is 0 Å². The quantitative estimate of drug-likeness (QED) is 0.652. The highest BCUT2D eigenvalue weighted by Gasteiger charge is 2.62. The molecule has 0 unspecified atom stereocenters. The molecule has 6 heteroatoms. The Kier molecular flexibility index (Phi) is 3.91. The van der Waals surface area contributed by atoms with Crippen molar-refractivity contribution in [3.8, 4) is 0 Å². The molecule has 3 saturated heterocycles. The van der Waals surface area contributed by atoms with Crippen LogP contribution in [0.3, 0.4) is 0 Å². The van der Waals surface area contributed by atoms with Crippen molar-refractivity contribution in [2.45, 2.75) is 37.3 Å². The minimum Gasteiger partial charge on any atom is -0.457 e. The molecule has 3 heterocycles. The Labute approximate surface area is 163 Å². The summed E-state index contributed by atoms with van der Waals surface area (Å²) < 4.78 is 5.60. The molecule has 1 aliphatic carbocycles. The Hall–Kier alpha value is -2.44. The lowest BCUT2D eigenvalue weighted by atomic mass is 9.74. The molecule has 0 amide bonds. The molecule has 2 aromatic rings. The first-order chi connectivity index (χ1) is 13.1. The van der Waals surface area contributed by atoms with Crippen LogP contribution in [0.2, 0.25) is 0 Å². The lowest BCUT2D eigenvalue weighted by Gasteiger charge is -2.49. The first-order valence-corrected chi connectivity index (χ1v) is 9.63. The van der Waals surface area contributed by atoms with E-state index >= 15 is 0 Å². The summed E-state index contributed by atoms with van der Waals surface area (Å²) in [6.07, 6.45) is -0.774. The largest absolute Gasteiger partial charge is 0.457 e. The Morgan fingerprint density at radius 3 is 2.41 bits per heavy atom. The number of ether oxygens (including phenoxy) is 1. The molecule has 0 spiro atoms. The van der Waals surface area contributed by atoms with Gasteiger partial charge in [0, 0.05) is 12.2 Å². The van der Waals surface area contributed by atoms with Crippen LogP contribution >= 0.6 is 12.2 Å². The third-order valence-electron chi connectivity index (χ3n) is 5.87. The molecule has 27 heavy (non-hydrogen) atoms. The Morgan fingerprint density at radius 1 is 1.04 bits per heavy atom. The van der Waals surface area contributed by atoms with Crippen molar-refractivity contribution in [3.63, 3.8) is 0 Å². The number of aliphatic hydroxyl groups excluding tert-OH is 1. The monoisotopic (exact) mass is 380 g/mol. The van der Waals surface area contributed by atoms with Gasteiger partial charge in [-0.1, -0.05) is 48.5 Å². The lowest BCUT2D eigenvalue weighted by Crippen LogP contribution is -2.66. The Bertz CT molecular complexity index is 876. The van der Waals surface area contributed by atoms with Gasteiger partial charge >= 0.3 is 5.97 Å². The van der Waals surface area contributed by atoms with E-state index in [4.69, 9.17) is 17.0 Å². The third-order valence-corrected chi connectivity index (χ3v) is 6.30. The highest BCUT2D eigenvalue weighted by atomic mass is 32.1. The van der Waals surface area contributed by atoms with E-state index in [2.05, 4.69) is 21.9 Å². The van der Waals surface area contributed by atoms with Gasteiger partial charge in [-0.3, -0.25) is 4.79 Å². The minimum absolute atomic E-state index is 0.113. The van der Waals surface area contributed by atoms with Crippen LogP contribution < -0.4 is 4.90 Å². The second kappa shape index (κ2) is 6.32. The molecule has 4 fully saturated rings. The van der Waals surface area contributed by atoms with Crippen molar-refractivity contribution in [2.24, 2.45) is 5.92 Å². The number of rotatable bonds is 3. The van der Waals surface area contributed by atoms with Gasteiger partial charge in [0.05, 0.1) is 24.1 Å². The van der Waals surface area contributed by atoms with Crippen molar-refractivity contribution in [3.05, 3.63) is 66.2 Å². The summed E-state index contributed by atoms with van der Waals surface area (Å²) in [6, 6.07) is 19.8. The maximum Gasteiger partial charge on any atom is 0.311 e. The predicted octanol–water partition coefficient (Wildman–Crippen LogP) is 2.34. The molecular formula is C21H20N2O3S. The zero-order valence-corrected chi connectivity index (χ0v) is 15.5. The van der Waals surface area contributed by atoms with E-state index < -0.39 is 12.2 Å². The molecule has 1 N–H and O–H groups in total. The van der Waals surface area contributed by atoms with Crippen molar-refractivity contribution < 1.29 is 14.6 Å². The fourth-order valence-electron chi connectivity index (χ4n) is 4.71. The lowest BCUT2D eigenvalue weighted by molar-refractivity contribution is -0.194. The summed E-state index contributed by atoms with van der Waals surface area (Å²) in [5, 5.41) is 11.2. The Balaban J connectivity index is 1.58. The summed E-state index contributed by atoms with van der Waals surface area (Å²) in [7, 11) is 0. The number of carbonyl (C=O) groups excluding carboxylic acids is 1. The maximum atomic E-state index is 12.5. The number of carbonyl (C=O) groups is 1. The average molecular weight is 380 g/mol. The fraction of sp³-hybridized carbons (Fsp3) is 0.333. The maximum absolute atomic E-state index is 12.5. The highest BCUT2D eigenvalue weighted by molar-refractivity contribution is 7.80. The molecule has 138 valence electrons. The van der Waals surface area contributed by atoms with Crippen LogP contribution in [0.5, 0.6) is 0 Å². The van der Waals surface area contributed by atoms with E-state index in [0.29, 0.717) is 18.1 Å². The number of aliphatic hydroxyl groups is 1. The van der Waals surface area contributed by atoms with Crippen LogP contribution in [0.4, 0.5) is 5.69 Å². The van der Waals surface area contributed by atoms with E-state index in [1.807, 2.05) is 48.5 Å². The second-order valence-corrected chi connectivity index (χ2v) is 7.76. The standard InChI is InChI=1S/C21H20N2O3S/c24-16-11-15-17-18(19(16)26-20(15)25)22(12-13-7-3-1-4-8-13)21(27)23(17)14-9-5-2-6-10-14/h1-10,15-19,24H,11-12H2/t15-,16-,17-,18-,19+/m1/s1. The van der Waals surface area contributed by atoms with Crippen molar-refractivity contribution in [2.75, 3.05) is 4.90 Å². The van der Waals surface area contributed by atoms with Crippen LogP contribution in [0.15, 0.2) is 60.7 Å². The second-order valence-electron chi connectivity index (χ2n) is 7.39. The molecular weight excluding hydrogens is 360 g/mol. The van der Waals surface area contributed by atoms with Crippen LogP contribution in [-0.4, -0.2) is 45.4 Å². The van der Waals surface area contributed by atoms with E-state index in [1.54, 1.807) is 0 Å². The zero-order valence-electron chi connectivity index (χ0n) is 14.6. The van der Waals surface area contributed by atoms with Crippen LogP contribution in [0.1, 0.15) is 12.0 Å². The van der Waals surface area contributed by atoms with Gasteiger partial charge in [-0.25, -0.2) is 0 Å². The summed E-state index contributed by atoms with van der Waals surface area (Å²) in [6.45, 7) is 0.623. The molecule has 5 nitrogen and oxygen atoms in total. The topological polar surface area (TPSA) is 53.0 Å². The van der Waals surface area contributed by atoms with Crippen molar-refractivity contribution >= 4 is 29.0 Å². The van der Waals surface area contributed by atoms with Gasteiger partial charge in [-0.05, 0) is 36.3 Å². The van der Waals surface area contributed by atoms with Gasteiger partial charge in [-0.15, -0.1) is 0 Å². The smallest absolute Gasteiger partial charge is 0.311 e. The van der Waals surface area contributed by atoms with E-state index in [0.717, 1.165) is 11.3 Å². The summed E-state index contributed by atoms with van der Waals surface area (Å²) in [5.41, 5.74) is 2.11. The number of anilines is 1. The number of esters is 1. The molecule has 6 rings (SSSR count). The minimum atomic E-state index is -0.647. The van der Waals surface area contributed by atoms with E-state index in [1.165, 1.54) is 0 Å². The Morgan fingerprint density at radius 2 is 1.70 bits per heavy atom. The highest BCUT2D eigenvalue weighted by Crippen LogP contribution is 2.46. The van der Waals surface area contributed by atoms with Crippen LogP contribution in [0.25, 0.3) is 0 Å². The van der Waals surface area contributed by atoms with Crippen LogP contribution in [0, 0.1) is 5.92 Å². The molecule has 4 aliphatic rings. The van der Waals surface area contributed by atoms with Gasteiger partial charge < -0.3 is 19.6 Å². The van der Waals surface area contributed by atoms with Gasteiger partial charge in [0.15, 0.2) is 5.11 Å². The molecule has 3 aliphatic heterocycles. The van der Waals surface area contributed by atoms with E-state index in [9.17, 15) is 9.90 Å². The zero-order chi connectivity index (χ0) is 18.5. The normalized spacial score (nSPS) is 31.8. The SMILES string of the molecule is O=C1O[C@@H]2[C@H]3[C@@H]([C@H]1C[C@H]2O)N(c1ccccc1)C(=S)N3Cc1ccccc1. The predicted molar refractivity (Wildman–Crippen MR) is 105 cm³/mol. The number of hydrogen-bond acceptors (Lipinski definition) is 4. The summed E-state index contributed by atoms with van der Waals surface area (Å²) in [4.78, 5) is 16.7. The first-order valence-electron chi connectivity index (χ1n) is 9.22. The molecule has 2 bridgehead atoms. The van der Waals surface area contributed by atoms with Gasteiger partial charge in [0.1, 0.15) is 6.10 Å². The number of para-hydroxylation sites is 1. The van der Waals surface area contributed by atoms with Gasteiger partial charge in [0.2, 0.25) is 0 Å². The number of fused-ring (bicyclic) bond motifs is 2. The van der Waals surface area contributed by atoms with E-state index in [-0.39, 0.29) is 24.0 Å². The molecule has 1 saturated carbocycles. The summed E-state index contributed by atoms with van der Waals surface area (Å²) >= 11 is 5.87. The molecule has 2 aromatic carbocycles. The van der Waals surface area contributed by atoms with Gasteiger partial charge in [-0.2, -0.15) is 0 Å². The molecule has 5 atom stereocenters. The van der Waals surface area contributed by atoms with Crippen molar-refractivity contribution in [1.82, 2.24) is 4.90 Å². The third kappa shape index (κ3) is 2.55. The van der Waals surface area contributed by atoms with Crippen LogP contribution in [-0.2, 0) is 16.1 Å². The number of benzene rings is 2. The first kappa shape index (κ1) is 16.7. The summed E-state index contributed by atoms with van der Waals surface area (Å²) in [5.74, 6) is -0.606. The molecule has 0 radical (unpaired) electrons. The fourth-order valence-corrected chi connectivity index (χ4v) is 5.12. The number of nitrogens with zero attached hydrogens (tertiary/aromatic N) is 2. The average Bonchev–Trinajstić information content (AvgIpc) is 2.98. The van der Waals surface area contributed by atoms with Crippen molar-refractivity contribution in [1.29, 1.82) is 0 Å². The number of hydrogen-bond donors (Lipinski definition) is 1. The molecule has 0 aromatic heterocycles.